The zero-order chi connectivity index (χ0) is 34.0. The SMILES string of the molecule is CC1C=Cc2ccc(N(c3ccc4c(c3)C(C)(C)c3cc5c6ccccc6oc5c5c6ccccc6n-4c35)c3ccc4ccccc4c3)cc2C1. The quantitative estimate of drug-likeness (QED) is 0.189. The van der Waals surface area contributed by atoms with Gasteiger partial charge in [-0.25, -0.2) is 0 Å². The molecule has 0 fully saturated rings. The molecule has 1 atom stereocenters. The van der Waals surface area contributed by atoms with Gasteiger partial charge in [0, 0.05) is 38.6 Å². The molecule has 3 heteroatoms. The number of furan rings is 1. The molecule has 1 aliphatic carbocycles. The summed E-state index contributed by atoms with van der Waals surface area (Å²) >= 11 is 0. The van der Waals surface area contributed by atoms with Crippen molar-refractivity contribution in [1.82, 2.24) is 4.57 Å². The summed E-state index contributed by atoms with van der Waals surface area (Å²) in [7, 11) is 0. The molecule has 0 N–H and O–H groups in total. The molecule has 0 saturated carbocycles. The number of benzene rings is 7. The van der Waals surface area contributed by atoms with Gasteiger partial charge in [-0.05, 0) is 106 Å². The highest BCUT2D eigenvalue weighted by atomic mass is 16.3. The van der Waals surface area contributed by atoms with Crippen LogP contribution in [0.1, 0.15) is 43.0 Å². The van der Waals surface area contributed by atoms with Crippen molar-refractivity contribution in [3.63, 3.8) is 0 Å². The van der Waals surface area contributed by atoms with Gasteiger partial charge in [0.05, 0.1) is 22.1 Å². The van der Waals surface area contributed by atoms with Crippen molar-refractivity contribution in [3.05, 3.63) is 162 Å². The highest BCUT2D eigenvalue weighted by molar-refractivity contribution is 6.25. The molecule has 7 aromatic carbocycles. The van der Waals surface area contributed by atoms with Crippen molar-refractivity contribution >= 4 is 77.7 Å². The zero-order valence-corrected chi connectivity index (χ0v) is 28.9. The monoisotopic (exact) mass is 656 g/mol. The molecule has 0 radical (unpaired) electrons. The highest BCUT2D eigenvalue weighted by Gasteiger charge is 2.37. The molecule has 0 spiro atoms. The van der Waals surface area contributed by atoms with Crippen LogP contribution in [0.2, 0.25) is 0 Å². The van der Waals surface area contributed by atoms with Crippen LogP contribution in [0.15, 0.2) is 144 Å². The number of fused-ring (bicyclic) bond motifs is 11. The van der Waals surface area contributed by atoms with Crippen LogP contribution in [0, 0.1) is 5.92 Å². The van der Waals surface area contributed by atoms with Gasteiger partial charge in [-0.1, -0.05) is 106 Å². The van der Waals surface area contributed by atoms with E-state index in [1.807, 2.05) is 0 Å². The van der Waals surface area contributed by atoms with Crippen LogP contribution in [-0.2, 0) is 11.8 Å². The third kappa shape index (κ3) is 4.00. The summed E-state index contributed by atoms with van der Waals surface area (Å²) in [5, 5.41) is 7.25. The molecule has 244 valence electrons. The molecule has 2 aromatic heterocycles. The molecule has 51 heavy (non-hydrogen) atoms. The molecule has 0 saturated heterocycles. The maximum absolute atomic E-state index is 6.67. The van der Waals surface area contributed by atoms with E-state index >= 15 is 0 Å². The lowest BCUT2D eigenvalue weighted by Crippen LogP contribution is -2.27. The van der Waals surface area contributed by atoms with E-state index in [9.17, 15) is 0 Å². The number of nitrogens with zero attached hydrogens (tertiary/aromatic N) is 2. The van der Waals surface area contributed by atoms with Gasteiger partial charge in [-0.3, -0.25) is 0 Å². The predicted octanol–water partition coefficient (Wildman–Crippen LogP) is 13.2. The standard InChI is InChI=1S/C48H36N2O/c1-29-16-17-31-19-21-35(26-33(31)24-29)49(34-20-18-30-10-4-5-11-32(30)25-34)36-22-23-43-40(27-36)48(2,3)41-28-39-37-12-7-9-15-44(37)51-47(39)45-38-13-6-8-14-42(38)50(43)46(41)45/h4-23,25-29H,24H2,1-3H3. The summed E-state index contributed by atoms with van der Waals surface area (Å²) in [6.07, 6.45) is 5.66. The summed E-state index contributed by atoms with van der Waals surface area (Å²) in [4.78, 5) is 2.46. The van der Waals surface area contributed by atoms with Gasteiger partial charge in [-0.2, -0.15) is 0 Å². The van der Waals surface area contributed by atoms with E-state index in [0.717, 1.165) is 34.3 Å². The first kappa shape index (κ1) is 28.7. The largest absolute Gasteiger partial charge is 0.455 e. The Labute approximate surface area is 296 Å². The number of para-hydroxylation sites is 2. The summed E-state index contributed by atoms with van der Waals surface area (Å²) in [5.41, 5.74) is 14.1. The Morgan fingerprint density at radius 3 is 2.29 bits per heavy atom. The first-order valence-electron chi connectivity index (χ1n) is 18.1. The average molecular weight is 657 g/mol. The molecule has 1 aliphatic heterocycles. The molecule has 1 unspecified atom stereocenters. The number of rotatable bonds is 3. The molecule has 3 nitrogen and oxygen atoms in total. The first-order valence-corrected chi connectivity index (χ1v) is 18.1. The fourth-order valence-electron chi connectivity index (χ4n) is 9.08. The fraction of sp³-hybridized carbons (Fsp3) is 0.125. The summed E-state index contributed by atoms with van der Waals surface area (Å²) in [5.74, 6) is 0.526. The Balaban J connectivity index is 1.19. The highest BCUT2D eigenvalue weighted by Crippen LogP contribution is 2.52. The Bertz CT molecular complexity index is 2950. The Morgan fingerprint density at radius 2 is 1.39 bits per heavy atom. The third-order valence-corrected chi connectivity index (χ3v) is 11.6. The molecule has 9 aromatic rings. The zero-order valence-electron chi connectivity index (χ0n) is 28.9. The van der Waals surface area contributed by atoms with E-state index in [-0.39, 0.29) is 5.41 Å². The third-order valence-electron chi connectivity index (χ3n) is 11.6. The summed E-state index contributed by atoms with van der Waals surface area (Å²) < 4.78 is 9.16. The Hall–Kier alpha value is -6.06. The van der Waals surface area contributed by atoms with Gasteiger partial charge in [0.2, 0.25) is 0 Å². The van der Waals surface area contributed by atoms with E-state index < -0.39 is 0 Å². The van der Waals surface area contributed by atoms with E-state index in [0.29, 0.717) is 5.92 Å². The van der Waals surface area contributed by atoms with Crippen LogP contribution >= 0.6 is 0 Å². The minimum atomic E-state index is -0.286. The number of anilines is 3. The van der Waals surface area contributed by atoms with Crippen molar-refractivity contribution in [1.29, 1.82) is 0 Å². The minimum Gasteiger partial charge on any atom is -0.455 e. The predicted molar refractivity (Wildman–Crippen MR) is 214 cm³/mol. The molecule has 11 rings (SSSR count). The number of hydrogen-bond acceptors (Lipinski definition) is 2. The van der Waals surface area contributed by atoms with Gasteiger partial charge in [0.15, 0.2) is 0 Å². The van der Waals surface area contributed by atoms with Crippen molar-refractivity contribution in [3.8, 4) is 5.69 Å². The van der Waals surface area contributed by atoms with Gasteiger partial charge in [0.1, 0.15) is 11.2 Å². The number of aromatic nitrogens is 1. The Morgan fingerprint density at radius 1 is 0.667 bits per heavy atom. The molecule has 0 amide bonds. The minimum absolute atomic E-state index is 0.286. The van der Waals surface area contributed by atoms with E-state index in [1.165, 1.54) is 71.6 Å². The Kier molecular flexibility index (Phi) is 5.77. The van der Waals surface area contributed by atoms with Crippen molar-refractivity contribution in [2.24, 2.45) is 5.92 Å². The van der Waals surface area contributed by atoms with Crippen molar-refractivity contribution in [2.75, 3.05) is 4.90 Å². The van der Waals surface area contributed by atoms with Crippen LogP contribution < -0.4 is 4.90 Å². The molecular weight excluding hydrogens is 621 g/mol. The van der Waals surface area contributed by atoms with Gasteiger partial charge in [0.25, 0.3) is 0 Å². The molecular formula is C48H36N2O. The van der Waals surface area contributed by atoms with Crippen LogP contribution in [0.4, 0.5) is 17.1 Å². The second-order valence-electron chi connectivity index (χ2n) is 15.1. The lowest BCUT2D eigenvalue weighted by atomic mass is 9.74. The smallest absolute Gasteiger partial charge is 0.145 e. The normalized spacial score (nSPS) is 15.9. The van der Waals surface area contributed by atoms with Crippen LogP contribution in [-0.4, -0.2) is 4.57 Å². The van der Waals surface area contributed by atoms with E-state index in [2.05, 4.69) is 176 Å². The van der Waals surface area contributed by atoms with Crippen LogP contribution in [0.25, 0.3) is 66.3 Å². The molecule has 2 aliphatic rings. The van der Waals surface area contributed by atoms with Gasteiger partial charge >= 0.3 is 0 Å². The van der Waals surface area contributed by atoms with Crippen molar-refractivity contribution < 1.29 is 4.42 Å². The summed E-state index contributed by atoms with van der Waals surface area (Å²) in [6, 6.07) is 49.3. The maximum Gasteiger partial charge on any atom is 0.145 e. The topological polar surface area (TPSA) is 21.3 Å². The lowest BCUT2D eigenvalue weighted by molar-refractivity contribution is 0.630. The molecule has 0 bridgehead atoms. The van der Waals surface area contributed by atoms with Gasteiger partial charge < -0.3 is 13.9 Å². The average Bonchev–Trinajstić information content (AvgIpc) is 3.70. The summed E-state index contributed by atoms with van der Waals surface area (Å²) in [6.45, 7) is 7.10. The fourth-order valence-corrected chi connectivity index (χ4v) is 9.08. The lowest BCUT2D eigenvalue weighted by Gasteiger charge is -2.36. The number of allylic oxidation sites excluding steroid dienone is 1. The second kappa shape index (κ2) is 10.2. The number of hydrogen-bond donors (Lipinski definition) is 0. The van der Waals surface area contributed by atoms with E-state index in [4.69, 9.17) is 4.42 Å². The maximum atomic E-state index is 6.67. The van der Waals surface area contributed by atoms with E-state index in [1.54, 1.807) is 0 Å². The van der Waals surface area contributed by atoms with Gasteiger partial charge in [-0.15, -0.1) is 0 Å². The van der Waals surface area contributed by atoms with Crippen LogP contribution in [0.3, 0.4) is 0 Å². The molecule has 3 heterocycles. The second-order valence-corrected chi connectivity index (χ2v) is 15.1. The van der Waals surface area contributed by atoms with Crippen LogP contribution in [0.5, 0.6) is 0 Å². The first-order chi connectivity index (χ1) is 24.9. The van der Waals surface area contributed by atoms with Crippen molar-refractivity contribution in [2.45, 2.75) is 32.6 Å².